The Kier molecular flexibility index (Phi) is 4.18. The van der Waals surface area contributed by atoms with Crippen LogP contribution in [0.1, 0.15) is 11.1 Å². The predicted octanol–water partition coefficient (Wildman–Crippen LogP) is 3.50. The summed E-state index contributed by atoms with van der Waals surface area (Å²) in [5.41, 5.74) is 2.10. The summed E-state index contributed by atoms with van der Waals surface area (Å²) in [5, 5.41) is 0. The number of aryl methyl sites for hydroxylation is 1. The molecular formula is C16H16O3. The van der Waals surface area contributed by atoms with E-state index in [1.165, 1.54) is 12.7 Å². The molecule has 0 aliphatic carbocycles. The molecule has 0 aliphatic rings. The molecular weight excluding hydrogens is 240 g/mol. The summed E-state index contributed by atoms with van der Waals surface area (Å²) in [6.45, 7) is 2.03. The lowest BCUT2D eigenvalue weighted by Gasteiger charge is -2.07. The zero-order valence-electron chi connectivity index (χ0n) is 11.1. The third-order valence-electron chi connectivity index (χ3n) is 2.76. The van der Waals surface area contributed by atoms with Gasteiger partial charge in [0.25, 0.3) is 0 Å². The van der Waals surface area contributed by atoms with Gasteiger partial charge in [0, 0.05) is 0 Å². The highest BCUT2D eigenvalue weighted by Gasteiger charge is 2.03. The number of rotatable bonds is 4. The van der Waals surface area contributed by atoms with E-state index in [4.69, 9.17) is 4.74 Å². The van der Waals surface area contributed by atoms with E-state index >= 15 is 0 Å². The molecule has 0 radical (unpaired) electrons. The number of benzene rings is 2. The maximum atomic E-state index is 11.1. The fraction of sp³-hybridized carbons (Fsp3) is 0.188. The van der Waals surface area contributed by atoms with Crippen LogP contribution in [0.3, 0.4) is 0 Å². The first-order chi connectivity index (χ1) is 9.17. The number of methoxy groups -OCH3 is 1. The number of carbonyl (C=O) groups excluding carboxylic acids is 1. The highest BCUT2D eigenvalue weighted by Crippen LogP contribution is 2.22. The summed E-state index contributed by atoms with van der Waals surface area (Å²) in [6.07, 6.45) is 0.279. The maximum Gasteiger partial charge on any atom is 0.309 e. The Morgan fingerprint density at radius 3 is 2.00 bits per heavy atom. The highest BCUT2D eigenvalue weighted by atomic mass is 16.5. The average molecular weight is 256 g/mol. The summed E-state index contributed by atoms with van der Waals surface area (Å²) in [4.78, 5) is 11.1. The van der Waals surface area contributed by atoms with Gasteiger partial charge in [-0.1, -0.05) is 29.8 Å². The predicted molar refractivity (Wildman–Crippen MR) is 73.4 cm³/mol. The van der Waals surface area contributed by atoms with Crippen molar-refractivity contribution in [1.82, 2.24) is 0 Å². The number of ether oxygens (including phenoxy) is 2. The Morgan fingerprint density at radius 1 is 0.947 bits per heavy atom. The molecule has 98 valence electrons. The molecule has 0 aliphatic heterocycles. The largest absolute Gasteiger partial charge is 0.469 e. The molecule has 0 fully saturated rings. The van der Waals surface area contributed by atoms with Crippen LogP contribution < -0.4 is 4.74 Å². The smallest absolute Gasteiger partial charge is 0.309 e. The monoisotopic (exact) mass is 256 g/mol. The fourth-order valence-electron chi connectivity index (χ4n) is 1.66. The quantitative estimate of drug-likeness (QED) is 0.785. The van der Waals surface area contributed by atoms with Crippen molar-refractivity contribution >= 4 is 5.97 Å². The van der Waals surface area contributed by atoms with E-state index in [0.29, 0.717) is 0 Å². The van der Waals surface area contributed by atoms with E-state index in [2.05, 4.69) is 4.74 Å². The third-order valence-corrected chi connectivity index (χ3v) is 2.76. The van der Waals surface area contributed by atoms with E-state index in [-0.39, 0.29) is 12.4 Å². The molecule has 0 heterocycles. The number of hydrogen-bond donors (Lipinski definition) is 0. The summed E-state index contributed by atoms with van der Waals surface area (Å²) in [6, 6.07) is 15.3. The Balaban J connectivity index is 2.02. The zero-order valence-corrected chi connectivity index (χ0v) is 11.1. The Labute approximate surface area is 112 Å². The summed E-state index contributed by atoms with van der Waals surface area (Å²) < 4.78 is 10.3. The molecule has 0 saturated carbocycles. The lowest BCUT2D eigenvalue weighted by molar-refractivity contribution is -0.139. The van der Waals surface area contributed by atoms with Gasteiger partial charge in [0.1, 0.15) is 11.5 Å². The molecule has 0 saturated heterocycles. The van der Waals surface area contributed by atoms with Gasteiger partial charge in [-0.05, 0) is 36.8 Å². The molecule has 0 amide bonds. The number of hydrogen-bond acceptors (Lipinski definition) is 3. The lowest BCUT2D eigenvalue weighted by atomic mass is 10.1. The fourth-order valence-corrected chi connectivity index (χ4v) is 1.66. The maximum absolute atomic E-state index is 11.1. The second kappa shape index (κ2) is 6.05. The molecule has 3 nitrogen and oxygen atoms in total. The van der Waals surface area contributed by atoms with Crippen molar-refractivity contribution in [3.63, 3.8) is 0 Å². The Bertz CT molecular complexity index is 541. The first-order valence-corrected chi connectivity index (χ1v) is 6.07. The molecule has 2 aromatic rings. The average Bonchev–Trinajstić information content (AvgIpc) is 2.43. The van der Waals surface area contributed by atoms with E-state index in [1.54, 1.807) is 0 Å². The van der Waals surface area contributed by atoms with Gasteiger partial charge in [-0.15, -0.1) is 0 Å². The summed E-state index contributed by atoms with van der Waals surface area (Å²) in [5.74, 6) is 1.30. The highest BCUT2D eigenvalue weighted by molar-refractivity contribution is 5.72. The topological polar surface area (TPSA) is 35.5 Å². The van der Waals surface area contributed by atoms with Crippen LogP contribution in [0.25, 0.3) is 0 Å². The number of carbonyl (C=O) groups is 1. The molecule has 3 heteroatoms. The van der Waals surface area contributed by atoms with Crippen molar-refractivity contribution in [2.24, 2.45) is 0 Å². The van der Waals surface area contributed by atoms with Crippen LogP contribution in [-0.2, 0) is 16.0 Å². The van der Waals surface area contributed by atoms with Gasteiger partial charge in [0.2, 0.25) is 0 Å². The van der Waals surface area contributed by atoms with Crippen molar-refractivity contribution in [2.45, 2.75) is 13.3 Å². The standard InChI is InChI=1S/C16H16O3/c1-12-3-7-14(8-4-12)19-15-9-5-13(6-10-15)11-16(17)18-2/h3-10H,11H2,1-2H3. The van der Waals surface area contributed by atoms with Crippen molar-refractivity contribution in [2.75, 3.05) is 7.11 Å². The SMILES string of the molecule is COC(=O)Cc1ccc(Oc2ccc(C)cc2)cc1. The molecule has 0 atom stereocenters. The van der Waals surface area contributed by atoms with E-state index in [9.17, 15) is 4.79 Å². The van der Waals surface area contributed by atoms with E-state index in [0.717, 1.165) is 17.1 Å². The lowest BCUT2D eigenvalue weighted by Crippen LogP contribution is -2.04. The molecule has 0 N–H and O–H groups in total. The molecule has 0 spiro atoms. The molecule has 0 bridgehead atoms. The van der Waals surface area contributed by atoms with Gasteiger partial charge in [-0.25, -0.2) is 0 Å². The van der Waals surface area contributed by atoms with Crippen LogP contribution in [0.2, 0.25) is 0 Å². The van der Waals surface area contributed by atoms with E-state index < -0.39 is 0 Å². The van der Waals surface area contributed by atoms with Crippen molar-refractivity contribution < 1.29 is 14.3 Å². The summed E-state index contributed by atoms with van der Waals surface area (Å²) >= 11 is 0. The van der Waals surface area contributed by atoms with Crippen molar-refractivity contribution in [1.29, 1.82) is 0 Å². The van der Waals surface area contributed by atoms with Crippen LogP contribution in [0, 0.1) is 6.92 Å². The van der Waals surface area contributed by atoms with Crippen LogP contribution in [0.15, 0.2) is 48.5 Å². The van der Waals surface area contributed by atoms with Crippen LogP contribution in [0.5, 0.6) is 11.5 Å². The van der Waals surface area contributed by atoms with Crippen LogP contribution in [0.4, 0.5) is 0 Å². The van der Waals surface area contributed by atoms with Crippen LogP contribution in [-0.4, -0.2) is 13.1 Å². The van der Waals surface area contributed by atoms with Gasteiger partial charge in [0.05, 0.1) is 13.5 Å². The Hall–Kier alpha value is -2.29. The van der Waals surface area contributed by atoms with Gasteiger partial charge in [0.15, 0.2) is 0 Å². The normalized spacial score (nSPS) is 10.0. The van der Waals surface area contributed by atoms with Gasteiger partial charge in [-0.3, -0.25) is 4.79 Å². The van der Waals surface area contributed by atoms with Gasteiger partial charge in [-0.2, -0.15) is 0 Å². The minimum absolute atomic E-state index is 0.243. The van der Waals surface area contributed by atoms with Crippen molar-refractivity contribution in [3.05, 3.63) is 59.7 Å². The summed E-state index contributed by atoms with van der Waals surface area (Å²) in [7, 11) is 1.39. The van der Waals surface area contributed by atoms with Crippen molar-refractivity contribution in [3.8, 4) is 11.5 Å². The van der Waals surface area contributed by atoms with E-state index in [1.807, 2.05) is 55.5 Å². The van der Waals surface area contributed by atoms with Crippen LogP contribution >= 0.6 is 0 Å². The minimum atomic E-state index is -0.243. The zero-order chi connectivity index (χ0) is 13.7. The number of esters is 1. The molecule has 19 heavy (non-hydrogen) atoms. The molecule has 0 aromatic heterocycles. The third kappa shape index (κ3) is 3.85. The van der Waals surface area contributed by atoms with Gasteiger partial charge >= 0.3 is 5.97 Å². The molecule has 2 aromatic carbocycles. The minimum Gasteiger partial charge on any atom is -0.469 e. The molecule has 0 unspecified atom stereocenters. The van der Waals surface area contributed by atoms with Gasteiger partial charge < -0.3 is 9.47 Å². The second-order valence-electron chi connectivity index (χ2n) is 4.31. The second-order valence-corrected chi connectivity index (χ2v) is 4.31. The first-order valence-electron chi connectivity index (χ1n) is 6.07. The molecule has 2 rings (SSSR count). The first kappa shape index (κ1) is 13.1. The Morgan fingerprint density at radius 2 is 1.47 bits per heavy atom.